The number of carbonyl (C=O) groups is 1. The number of nitrogens with zero attached hydrogens (tertiary/aromatic N) is 3. The highest BCUT2D eigenvalue weighted by atomic mass is 16.5. The molecular formula is C14H21N3O3. The molecule has 1 unspecified atom stereocenters. The van der Waals surface area contributed by atoms with E-state index < -0.39 is 11.5 Å². The topological polar surface area (TPSA) is 75.5 Å². The minimum absolute atomic E-state index is 0.496. The number of anilines is 1. The summed E-state index contributed by atoms with van der Waals surface area (Å²) in [5.41, 5.74) is -0.908. The van der Waals surface area contributed by atoms with Gasteiger partial charge in [-0.05, 0) is 32.6 Å². The molecule has 0 amide bonds. The van der Waals surface area contributed by atoms with Crippen LogP contribution in [0.25, 0.3) is 0 Å². The Hall–Kier alpha value is -1.85. The molecule has 6 nitrogen and oxygen atoms in total. The molecule has 110 valence electrons. The van der Waals surface area contributed by atoms with Crippen LogP contribution < -0.4 is 9.64 Å². The Labute approximate surface area is 118 Å². The Morgan fingerprint density at radius 3 is 3.00 bits per heavy atom. The second-order valence-corrected chi connectivity index (χ2v) is 5.25. The number of hydrogen-bond donors (Lipinski definition) is 1. The molecule has 0 bridgehead atoms. The quantitative estimate of drug-likeness (QED) is 0.889. The molecule has 1 atom stereocenters. The number of carboxylic acid groups (broad SMARTS) is 1. The summed E-state index contributed by atoms with van der Waals surface area (Å²) in [6.45, 7) is 5.05. The Bertz CT molecular complexity index is 480. The predicted molar refractivity (Wildman–Crippen MR) is 75.1 cm³/mol. The highest BCUT2D eigenvalue weighted by Crippen LogP contribution is 2.32. The van der Waals surface area contributed by atoms with E-state index in [1.54, 1.807) is 13.0 Å². The average Bonchev–Trinajstić information content (AvgIpc) is 2.45. The highest BCUT2D eigenvalue weighted by Gasteiger charge is 2.42. The first-order chi connectivity index (χ1) is 9.58. The van der Waals surface area contributed by atoms with Gasteiger partial charge in [0.2, 0.25) is 5.88 Å². The average molecular weight is 279 g/mol. The number of carboxylic acids is 1. The van der Waals surface area contributed by atoms with Crippen LogP contribution in [-0.2, 0) is 4.79 Å². The molecule has 1 aromatic rings. The predicted octanol–water partition coefficient (Wildman–Crippen LogP) is 2.10. The summed E-state index contributed by atoms with van der Waals surface area (Å²) in [5.74, 6) is 0.303. The molecule has 1 aliphatic rings. The fourth-order valence-corrected chi connectivity index (χ4v) is 2.47. The van der Waals surface area contributed by atoms with Crippen molar-refractivity contribution in [3.8, 4) is 5.88 Å². The molecule has 1 saturated heterocycles. The monoisotopic (exact) mass is 279 g/mol. The summed E-state index contributed by atoms with van der Waals surface area (Å²) in [6, 6.07) is 1.72. The summed E-state index contributed by atoms with van der Waals surface area (Å²) in [4.78, 5) is 21.7. The third-order valence-corrected chi connectivity index (χ3v) is 3.71. The zero-order valence-corrected chi connectivity index (χ0v) is 12.0. The van der Waals surface area contributed by atoms with E-state index in [-0.39, 0.29) is 0 Å². The molecule has 1 N–H and O–H groups in total. The molecule has 6 heteroatoms. The van der Waals surface area contributed by atoms with Crippen LogP contribution in [0.5, 0.6) is 5.88 Å². The molecule has 0 aromatic carbocycles. The normalized spacial score (nSPS) is 22.6. The van der Waals surface area contributed by atoms with Gasteiger partial charge in [-0.15, -0.1) is 0 Å². The second kappa shape index (κ2) is 6.07. The van der Waals surface area contributed by atoms with Crippen LogP contribution in [0.3, 0.4) is 0 Å². The van der Waals surface area contributed by atoms with Crippen molar-refractivity contribution in [1.82, 2.24) is 9.97 Å². The van der Waals surface area contributed by atoms with Gasteiger partial charge in [0.1, 0.15) is 17.7 Å². The van der Waals surface area contributed by atoms with Crippen LogP contribution in [0.2, 0.25) is 0 Å². The standard InChI is InChI=1S/C14H21N3O3/c1-3-8-20-12-9-11(15-10-16-12)17-7-5-4-6-14(17,2)13(18)19/h9-10H,3-8H2,1-2H3,(H,18,19). The summed E-state index contributed by atoms with van der Waals surface area (Å²) in [5, 5.41) is 9.52. The van der Waals surface area contributed by atoms with Gasteiger partial charge in [-0.2, -0.15) is 0 Å². The first-order valence-electron chi connectivity index (χ1n) is 7.04. The van der Waals surface area contributed by atoms with E-state index in [2.05, 4.69) is 9.97 Å². The molecule has 1 aromatic heterocycles. The third kappa shape index (κ3) is 2.84. The molecule has 1 fully saturated rings. The maximum absolute atomic E-state index is 11.6. The number of piperidine rings is 1. The largest absolute Gasteiger partial charge is 0.480 e. The summed E-state index contributed by atoms with van der Waals surface area (Å²) in [6.07, 6.45) is 4.84. The minimum atomic E-state index is -0.908. The minimum Gasteiger partial charge on any atom is -0.480 e. The van der Waals surface area contributed by atoms with Crippen LogP contribution in [0, 0.1) is 0 Å². The van der Waals surface area contributed by atoms with E-state index in [4.69, 9.17) is 4.74 Å². The first-order valence-corrected chi connectivity index (χ1v) is 7.04. The van der Waals surface area contributed by atoms with Gasteiger partial charge in [-0.1, -0.05) is 6.92 Å². The summed E-state index contributed by atoms with van der Waals surface area (Å²) < 4.78 is 5.49. The van der Waals surface area contributed by atoms with E-state index in [1.165, 1.54) is 6.33 Å². The van der Waals surface area contributed by atoms with Crippen LogP contribution in [0.4, 0.5) is 5.82 Å². The molecule has 0 radical (unpaired) electrons. The maximum atomic E-state index is 11.6. The lowest BCUT2D eigenvalue weighted by molar-refractivity contribution is -0.143. The van der Waals surface area contributed by atoms with Crippen LogP contribution >= 0.6 is 0 Å². The van der Waals surface area contributed by atoms with Crippen molar-refractivity contribution < 1.29 is 14.6 Å². The lowest BCUT2D eigenvalue weighted by Gasteiger charge is -2.42. The van der Waals surface area contributed by atoms with Gasteiger partial charge in [0, 0.05) is 12.6 Å². The van der Waals surface area contributed by atoms with Crippen molar-refractivity contribution in [3.05, 3.63) is 12.4 Å². The van der Waals surface area contributed by atoms with Crippen molar-refractivity contribution in [1.29, 1.82) is 0 Å². The molecule has 2 heterocycles. The van der Waals surface area contributed by atoms with Gasteiger partial charge in [-0.3, -0.25) is 0 Å². The SMILES string of the molecule is CCCOc1cc(N2CCCCC2(C)C(=O)O)ncn1. The molecule has 0 spiro atoms. The second-order valence-electron chi connectivity index (χ2n) is 5.25. The zero-order valence-electron chi connectivity index (χ0n) is 12.0. The highest BCUT2D eigenvalue weighted by molar-refractivity contribution is 5.83. The van der Waals surface area contributed by atoms with E-state index in [0.717, 1.165) is 19.3 Å². The van der Waals surface area contributed by atoms with E-state index in [1.807, 2.05) is 11.8 Å². The van der Waals surface area contributed by atoms with Gasteiger partial charge in [0.15, 0.2) is 0 Å². The Balaban J connectivity index is 2.26. The van der Waals surface area contributed by atoms with E-state index in [0.29, 0.717) is 31.3 Å². The number of aliphatic carboxylic acids is 1. The molecule has 0 saturated carbocycles. The van der Waals surface area contributed by atoms with E-state index >= 15 is 0 Å². The van der Waals surface area contributed by atoms with Crippen molar-refractivity contribution >= 4 is 11.8 Å². The molecule has 2 rings (SSSR count). The van der Waals surface area contributed by atoms with Crippen LogP contribution in [0.15, 0.2) is 12.4 Å². The van der Waals surface area contributed by atoms with Gasteiger partial charge in [0.25, 0.3) is 0 Å². The smallest absolute Gasteiger partial charge is 0.329 e. The van der Waals surface area contributed by atoms with Crippen molar-refractivity contribution in [2.24, 2.45) is 0 Å². The fourth-order valence-electron chi connectivity index (χ4n) is 2.47. The Morgan fingerprint density at radius 2 is 2.30 bits per heavy atom. The maximum Gasteiger partial charge on any atom is 0.329 e. The number of aromatic nitrogens is 2. The van der Waals surface area contributed by atoms with Crippen molar-refractivity contribution in [3.63, 3.8) is 0 Å². The van der Waals surface area contributed by atoms with Gasteiger partial charge in [0.05, 0.1) is 6.61 Å². The van der Waals surface area contributed by atoms with Crippen LogP contribution in [0.1, 0.15) is 39.5 Å². The summed E-state index contributed by atoms with van der Waals surface area (Å²) in [7, 11) is 0. The molecule has 20 heavy (non-hydrogen) atoms. The lowest BCUT2D eigenvalue weighted by atomic mass is 9.88. The molecule has 1 aliphatic heterocycles. The number of hydrogen-bond acceptors (Lipinski definition) is 5. The van der Waals surface area contributed by atoms with Crippen molar-refractivity contribution in [2.75, 3.05) is 18.1 Å². The fraction of sp³-hybridized carbons (Fsp3) is 0.643. The summed E-state index contributed by atoms with van der Waals surface area (Å²) >= 11 is 0. The van der Waals surface area contributed by atoms with Gasteiger partial charge in [-0.25, -0.2) is 14.8 Å². The van der Waals surface area contributed by atoms with Gasteiger partial charge < -0.3 is 14.7 Å². The number of ether oxygens (including phenoxy) is 1. The molecular weight excluding hydrogens is 258 g/mol. The Morgan fingerprint density at radius 1 is 1.50 bits per heavy atom. The van der Waals surface area contributed by atoms with Crippen LogP contribution in [-0.4, -0.2) is 39.7 Å². The van der Waals surface area contributed by atoms with Gasteiger partial charge >= 0.3 is 5.97 Å². The first kappa shape index (κ1) is 14.6. The zero-order chi connectivity index (χ0) is 14.6. The third-order valence-electron chi connectivity index (χ3n) is 3.71. The number of rotatable bonds is 5. The van der Waals surface area contributed by atoms with Crippen molar-refractivity contribution in [2.45, 2.75) is 45.1 Å². The molecule has 0 aliphatic carbocycles. The van der Waals surface area contributed by atoms with E-state index in [9.17, 15) is 9.90 Å². The lowest BCUT2D eigenvalue weighted by Crippen LogP contribution is -2.55. The Kier molecular flexibility index (Phi) is 4.42.